The van der Waals surface area contributed by atoms with E-state index in [9.17, 15) is 8.42 Å². The van der Waals surface area contributed by atoms with Crippen LogP contribution < -0.4 is 9.46 Å². The van der Waals surface area contributed by atoms with Crippen molar-refractivity contribution >= 4 is 15.8 Å². The molecule has 1 saturated carbocycles. The fourth-order valence-corrected chi connectivity index (χ4v) is 4.39. The molecule has 2 aromatic rings. The normalized spacial score (nSPS) is 20.2. The van der Waals surface area contributed by atoms with Crippen molar-refractivity contribution < 1.29 is 13.2 Å². The van der Waals surface area contributed by atoms with E-state index in [0.29, 0.717) is 18.5 Å². The molecule has 1 aromatic heterocycles. The average Bonchev–Trinajstić information content (AvgIpc) is 2.98. The molecule has 4 rings (SSSR count). The van der Waals surface area contributed by atoms with Crippen molar-refractivity contribution in [2.24, 2.45) is 0 Å². The van der Waals surface area contributed by atoms with Crippen molar-refractivity contribution in [1.29, 1.82) is 0 Å². The van der Waals surface area contributed by atoms with Crippen molar-refractivity contribution in [3.05, 3.63) is 30.5 Å². The molecular weight excluding hydrogens is 326 g/mol. The first-order valence-electron chi connectivity index (χ1n) is 8.44. The predicted molar refractivity (Wildman–Crippen MR) is 92.6 cm³/mol. The summed E-state index contributed by atoms with van der Waals surface area (Å²) in [5, 5.41) is 4.27. The van der Waals surface area contributed by atoms with Gasteiger partial charge in [0.2, 0.25) is 10.0 Å². The van der Waals surface area contributed by atoms with Gasteiger partial charge in [-0.25, -0.2) is 13.1 Å². The second-order valence-electron chi connectivity index (χ2n) is 6.45. The highest BCUT2D eigenvalue weighted by Crippen LogP contribution is 2.32. The van der Waals surface area contributed by atoms with E-state index in [4.69, 9.17) is 4.74 Å². The second-order valence-corrected chi connectivity index (χ2v) is 8.30. The van der Waals surface area contributed by atoms with Gasteiger partial charge in [0.1, 0.15) is 11.6 Å². The Hall–Kier alpha value is -2.02. The number of benzene rings is 1. The minimum Gasteiger partial charge on any atom is -0.490 e. The molecule has 0 bridgehead atoms. The zero-order valence-electron chi connectivity index (χ0n) is 13.4. The molecule has 0 radical (unpaired) electrons. The molecule has 24 heavy (non-hydrogen) atoms. The van der Waals surface area contributed by atoms with Crippen LogP contribution in [0, 0.1) is 0 Å². The lowest BCUT2D eigenvalue weighted by atomic mass is 9.98. The molecule has 1 aliphatic carbocycles. The molecule has 0 amide bonds. The third-order valence-corrected chi connectivity index (χ3v) is 5.91. The minimum atomic E-state index is -3.26. The topological polar surface area (TPSA) is 73.2 Å². The number of aromatic nitrogens is 2. The molecule has 1 aromatic carbocycles. The number of aryl methyl sites for hydroxylation is 1. The lowest BCUT2D eigenvalue weighted by Crippen LogP contribution is -2.28. The summed E-state index contributed by atoms with van der Waals surface area (Å²) in [5.41, 5.74) is 1.72. The lowest BCUT2D eigenvalue weighted by Gasteiger charge is -2.23. The van der Waals surface area contributed by atoms with Crippen molar-refractivity contribution in [3.63, 3.8) is 0 Å². The van der Waals surface area contributed by atoms with Crippen LogP contribution >= 0.6 is 0 Å². The Labute approximate surface area is 141 Å². The molecule has 6 nitrogen and oxygen atoms in total. The summed E-state index contributed by atoms with van der Waals surface area (Å²) in [6.45, 7) is 0.382. The number of hydrogen-bond acceptors (Lipinski definition) is 4. The molecule has 1 fully saturated rings. The van der Waals surface area contributed by atoms with Crippen LogP contribution in [0.3, 0.4) is 0 Å². The molecule has 7 heteroatoms. The number of ether oxygens (including phenoxy) is 1. The zero-order chi connectivity index (χ0) is 16.6. The van der Waals surface area contributed by atoms with Gasteiger partial charge in [-0.05, 0) is 43.4 Å². The van der Waals surface area contributed by atoms with Crippen LogP contribution in [0.2, 0.25) is 0 Å². The molecular formula is C17H21N3O3S. The van der Waals surface area contributed by atoms with Gasteiger partial charge in [-0.1, -0.05) is 18.6 Å². The molecule has 128 valence electrons. The number of hydrogen-bond donors (Lipinski definition) is 1. The van der Waals surface area contributed by atoms with Crippen molar-refractivity contribution in [2.75, 3.05) is 10.5 Å². The number of rotatable bonds is 3. The number of nitrogens with zero attached hydrogens (tertiary/aromatic N) is 2. The molecule has 2 heterocycles. The lowest BCUT2D eigenvalue weighted by molar-refractivity contribution is 0.155. The maximum Gasteiger partial charge on any atom is 0.235 e. The summed E-state index contributed by atoms with van der Waals surface area (Å²) in [5.74, 6) is 1.48. The maximum atomic E-state index is 11.8. The summed E-state index contributed by atoms with van der Waals surface area (Å²) < 4.78 is 33.9. The van der Waals surface area contributed by atoms with E-state index in [1.54, 1.807) is 10.9 Å². The van der Waals surface area contributed by atoms with Crippen molar-refractivity contribution in [3.8, 4) is 16.9 Å². The van der Waals surface area contributed by atoms with Crippen molar-refractivity contribution in [2.45, 2.75) is 44.8 Å². The van der Waals surface area contributed by atoms with Gasteiger partial charge in [-0.3, -0.25) is 4.72 Å². The number of nitrogens with one attached hydrogen (secondary N) is 1. The summed E-state index contributed by atoms with van der Waals surface area (Å²) in [7, 11) is -3.26. The third-order valence-electron chi connectivity index (χ3n) is 4.68. The minimum absolute atomic E-state index is 0.0648. The Bertz CT molecular complexity index is 821. The Morgan fingerprint density at radius 3 is 2.62 bits per heavy atom. The fourth-order valence-electron chi connectivity index (χ4n) is 3.37. The van der Waals surface area contributed by atoms with E-state index in [1.807, 2.05) is 24.3 Å². The van der Waals surface area contributed by atoms with Gasteiger partial charge in [-0.15, -0.1) is 0 Å². The summed E-state index contributed by atoms with van der Waals surface area (Å²) in [4.78, 5) is 0. The molecule has 1 aliphatic heterocycles. The Balaban J connectivity index is 1.54. The van der Waals surface area contributed by atoms with Gasteiger partial charge in [-0.2, -0.15) is 5.10 Å². The monoisotopic (exact) mass is 347 g/mol. The summed E-state index contributed by atoms with van der Waals surface area (Å²) >= 11 is 0. The first-order valence-corrected chi connectivity index (χ1v) is 10.1. The van der Waals surface area contributed by atoms with Gasteiger partial charge in [0.25, 0.3) is 0 Å². The number of sulfonamides is 1. The highest BCUT2D eigenvalue weighted by Gasteiger charge is 2.24. The Kier molecular flexibility index (Phi) is 3.96. The van der Waals surface area contributed by atoms with E-state index in [1.165, 1.54) is 19.3 Å². The van der Waals surface area contributed by atoms with Gasteiger partial charge in [0, 0.05) is 5.56 Å². The maximum absolute atomic E-state index is 11.8. The van der Waals surface area contributed by atoms with Crippen molar-refractivity contribution in [1.82, 2.24) is 9.78 Å². The highest BCUT2D eigenvalue weighted by atomic mass is 32.2. The molecule has 2 aliphatic rings. The standard InChI is InChI=1S/C17H21N3O3S/c21-24(22)11-10-20-17(19-24)16(12-18-20)13-6-8-15(9-7-13)23-14-4-2-1-3-5-14/h6-9,12,14,19H,1-5,10-11H2. The van der Waals surface area contributed by atoms with E-state index >= 15 is 0 Å². The third kappa shape index (κ3) is 3.13. The summed E-state index contributed by atoms with van der Waals surface area (Å²) in [6, 6.07) is 7.81. The average molecular weight is 347 g/mol. The zero-order valence-corrected chi connectivity index (χ0v) is 14.3. The largest absolute Gasteiger partial charge is 0.490 e. The molecule has 1 N–H and O–H groups in total. The van der Waals surface area contributed by atoms with Gasteiger partial charge >= 0.3 is 0 Å². The fraction of sp³-hybridized carbons (Fsp3) is 0.471. The van der Waals surface area contributed by atoms with Gasteiger partial charge in [0.05, 0.1) is 24.6 Å². The van der Waals surface area contributed by atoms with Crippen LogP contribution in [-0.2, 0) is 16.6 Å². The van der Waals surface area contributed by atoms with E-state index in [-0.39, 0.29) is 5.75 Å². The number of fused-ring (bicyclic) bond motifs is 1. The molecule has 0 atom stereocenters. The SMILES string of the molecule is O=S1(=O)CCn2ncc(-c3ccc(OC4CCCCC4)cc3)c2N1. The first-order chi connectivity index (χ1) is 11.6. The van der Waals surface area contributed by atoms with Crippen LogP contribution in [0.15, 0.2) is 30.5 Å². The quantitative estimate of drug-likeness (QED) is 0.926. The van der Waals surface area contributed by atoms with Crippen LogP contribution in [0.5, 0.6) is 5.75 Å². The van der Waals surface area contributed by atoms with E-state index in [0.717, 1.165) is 29.7 Å². The van der Waals surface area contributed by atoms with Crippen LogP contribution in [0.4, 0.5) is 5.82 Å². The van der Waals surface area contributed by atoms with Crippen LogP contribution in [0.25, 0.3) is 11.1 Å². The Morgan fingerprint density at radius 1 is 1.12 bits per heavy atom. The highest BCUT2D eigenvalue weighted by molar-refractivity contribution is 7.92. The summed E-state index contributed by atoms with van der Waals surface area (Å²) in [6.07, 6.45) is 8.07. The van der Waals surface area contributed by atoms with Crippen LogP contribution in [0.1, 0.15) is 32.1 Å². The van der Waals surface area contributed by atoms with E-state index in [2.05, 4.69) is 9.82 Å². The Morgan fingerprint density at radius 2 is 1.88 bits per heavy atom. The van der Waals surface area contributed by atoms with Gasteiger partial charge in [0.15, 0.2) is 0 Å². The van der Waals surface area contributed by atoms with E-state index < -0.39 is 10.0 Å². The molecule has 0 spiro atoms. The molecule has 0 unspecified atom stereocenters. The van der Waals surface area contributed by atoms with Gasteiger partial charge < -0.3 is 4.74 Å². The predicted octanol–water partition coefficient (Wildman–Crippen LogP) is 3.02. The molecule has 0 saturated heterocycles. The first kappa shape index (κ1) is 15.5. The second kappa shape index (κ2) is 6.12. The van der Waals surface area contributed by atoms with Crippen LogP contribution in [-0.4, -0.2) is 30.1 Å². The number of anilines is 1. The smallest absolute Gasteiger partial charge is 0.235 e.